The third kappa shape index (κ3) is 5.13. The van der Waals surface area contributed by atoms with Gasteiger partial charge in [0.05, 0.1) is 0 Å². The van der Waals surface area contributed by atoms with Crippen molar-refractivity contribution in [3.63, 3.8) is 0 Å². The van der Waals surface area contributed by atoms with E-state index in [0.717, 1.165) is 17.4 Å². The minimum absolute atomic E-state index is 0.140. The zero-order chi connectivity index (χ0) is 21.1. The van der Waals surface area contributed by atoms with E-state index >= 15 is 0 Å². The van der Waals surface area contributed by atoms with Gasteiger partial charge in [-0.15, -0.1) is 0 Å². The Morgan fingerprint density at radius 3 is 1.47 bits per heavy atom. The molecule has 0 bridgehead atoms. The summed E-state index contributed by atoms with van der Waals surface area (Å²) in [5.74, 6) is -0.0584. The summed E-state index contributed by atoms with van der Waals surface area (Å²) in [6, 6.07) is 15.2. The van der Waals surface area contributed by atoms with Gasteiger partial charge < -0.3 is 0 Å². The maximum absolute atomic E-state index is 15.0. The van der Waals surface area contributed by atoms with E-state index in [0.29, 0.717) is 11.8 Å². The van der Waals surface area contributed by atoms with Gasteiger partial charge in [0, 0.05) is 12.0 Å². The second-order valence-corrected chi connectivity index (χ2v) is 10.2. The fourth-order valence-corrected chi connectivity index (χ4v) is 5.45. The molecule has 30 heavy (non-hydrogen) atoms. The molecular weight excluding hydrogens is 374 g/mol. The molecule has 0 atom stereocenters. The number of hydrogen-bond donors (Lipinski definition) is 0. The first-order chi connectivity index (χ1) is 14.4. The second kappa shape index (κ2) is 9.20. The first-order valence-electron chi connectivity index (χ1n) is 12.0. The molecule has 2 aromatic carbocycles. The molecule has 0 heterocycles. The van der Waals surface area contributed by atoms with E-state index in [2.05, 4.69) is 26.0 Å². The topological polar surface area (TPSA) is 0 Å². The summed E-state index contributed by atoms with van der Waals surface area (Å²) in [7, 11) is 0. The van der Waals surface area contributed by atoms with Gasteiger partial charge in [0.1, 0.15) is 0 Å². The van der Waals surface area contributed by atoms with Gasteiger partial charge in [-0.3, -0.25) is 0 Å². The fourth-order valence-electron chi connectivity index (χ4n) is 5.45. The summed E-state index contributed by atoms with van der Waals surface area (Å²) in [6.45, 7) is 4.63. The van der Waals surface area contributed by atoms with Crippen LogP contribution in [0.2, 0.25) is 0 Å². The predicted molar refractivity (Wildman–Crippen MR) is 121 cm³/mol. The molecule has 2 aromatic rings. The average molecular weight is 411 g/mol. The highest BCUT2D eigenvalue weighted by Crippen LogP contribution is 2.39. The summed E-state index contributed by atoms with van der Waals surface area (Å²) in [6.07, 6.45) is 9.64. The monoisotopic (exact) mass is 410 g/mol. The number of rotatable bonds is 5. The van der Waals surface area contributed by atoms with E-state index in [-0.39, 0.29) is 12.0 Å². The lowest BCUT2D eigenvalue weighted by Gasteiger charge is -2.27. The molecule has 162 valence electrons. The van der Waals surface area contributed by atoms with Crippen LogP contribution in [-0.4, -0.2) is 0 Å². The molecule has 0 spiro atoms. The Morgan fingerprint density at radius 1 is 0.633 bits per heavy atom. The van der Waals surface area contributed by atoms with Gasteiger partial charge in [0.25, 0.3) is 5.92 Å². The van der Waals surface area contributed by atoms with Crippen LogP contribution in [0.3, 0.4) is 0 Å². The normalized spacial score (nSPS) is 27.7. The maximum atomic E-state index is 15.0. The van der Waals surface area contributed by atoms with E-state index in [4.69, 9.17) is 0 Å². The highest BCUT2D eigenvalue weighted by Gasteiger charge is 2.32. The van der Waals surface area contributed by atoms with Crippen LogP contribution in [0.5, 0.6) is 0 Å². The Hall–Kier alpha value is -1.70. The molecule has 0 radical (unpaired) electrons. The van der Waals surface area contributed by atoms with E-state index in [1.54, 1.807) is 12.1 Å². The Morgan fingerprint density at radius 2 is 1.03 bits per heavy atom. The summed E-state index contributed by atoms with van der Waals surface area (Å²) < 4.78 is 29.9. The molecule has 2 fully saturated rings. The Balaban J connectivity index is 1.38. The predicted octanol–water partition coefficient (Wildman–Crippen LogP) is 8.61. The van der Waals surface area contributed by atoms with Crippen LogP contribution >= 0.6 is 0 Å². The van der Waals surface area contributed by atoms with Crippen LogP contribution in [0, 0.1) is 11.8 Å². The summed E-state index contributed by atoms with van der Waals surface area (Å²) >= 11 is 0. The van der Waals surface area contributed by atoms with Crippen molar-refractivity contribution < 1.29 is 8.78 Å². The molecular formula is C28H36F2. The fraction of sp³-hybridized carbons (Fsp3) is 0.571. The Bertz CT molecular complexity index is 790. The van der Waals surface area contributed by atoms with Crippen LogP contribution in [0.4, 0.5) is 8.78 Å². The van der Waals surface area contributed by atoms with Crippen LogP contribution in [0.15, 0.2) is 48.5 Å². The average Bonchev–Trinajstić information content (AvgIpc) is 2.75. The minimum atomic E-state index is -2.83. The quantitative estimate of drug-likeness (QED) is 0.463. The second-order valence-electron chi connectivity index (χ2n) is 10.2. The summed E-state index contributed by atoms with van der Waals surface area (Å²) in [5.41, 5.74) is 3.41. The molecule has 2 heteroatoms. The minimum Gasteiger partial charge on any atom is -0.201 e. The van der Waals surface area contributed by atoms with E-state index in [9.17, 15) is 8.78 Å². The van der Waals surface area contributed by atoms with Gasteiger partial charge in [0.2, 0.25) is 0 Å². The maximum Gasteiger partial charge on any atom is 0.277 e. The van der Waals surface area contributed by atoms with Gasteiger partial charge in [-0.1, -0.05) is 88.1 Å². The number of hydrogen-bond acceptors (Lipinski definition) is 0. The van der Waals surface area contributed by atoms with E-state index < -0.39 is 5.92 Å². The summed E-state index contributed by atoms with van der Waals surface area (Å²) in [5, 5.41) is 0. The highest BCUT2D eigenvalue weighted by atomic mass is 19.3. The van der Waals surface area contributed by atoms with Crippen molar-refractivity contribution in [2.24, 2.45) is 11.8 Å². The van der Waals surface area contributed by atoms with Crippen LogP contribution in [-0.2, 0) is 12.3 Å². The van der Waals surface area contributed by atoms with Crippen molar-refractivity contribution in [3.8, 4) is 0 Å². The van der Waals surface area contributed by atoms with E-state index in [1.165, 1.54) is 62.5 Å². The standard InChI is InChI=1S/C28H36F2/c1-20-3-9-23(10-4-20)25-13-7-22(8-14-25)19-28(29,30)27-17-15-26(16-18-27)24-11-5-21(2)6-12-24/h7-8,13-18,20-21,23-24H,3-6,9-12,19H2,1-2H3. The molecule has 0 N–H and O–H groups in total. The lowest BCUT2D eigenvalue weighted by Crippen LogP contribution is -2.17. The molecule has 0 saturated heterocycles. The lowest BCUT2D eigenvalue weighted by atomic mass is 9.79. The SMILES string of the molecule is CC1CCC(c2ccc(CC(F)(F)c3ccc(C4CCC(C)CC4)cc3)cc2)CC1. The van der Waals surface area contributed by atoms with Crippen molar-refractivity contribution in [1.82, 2.24) is 0 Å². The lowest BCUT2D eigenvalue weighted by molar-refractivity contribution is -0.00385. The molecule has 2 saturated carbocycles. The molecule has 2 aliphatic rings. The van der Waals surface area contributed by atoms with Gasteiger partial charge in [-0.2, -0.15) is 0 Å². The van der Waals surface area contributed by atoms with Crippen molar-refractivity contribution in [2.45, 2.75) is 89.4 Å². The highest BCUT2D eigenvalue weighted by molar-refractivity contribution is 5.32. The van der Waals surface area contributed by atoms with Crippen molar-refractivity contribution in [1.29, 1.82) is 0 Å². The van der Waals surface area contributed by atoms with Gasteiger partial charge in [0.15, 0.2) is 0 Å². The molecule has 0 aromatic heterocycles. The smallest absolute Gasteiger partial charge is 0.201 e. The van der Waals surface area contributed by atoms with Crippen molar-refractivity contribution in [2.75, 3.05) is 0 Å². The largest absolute Gasteiger partial charge is 0.277 e. The zero-order valence-corrected chi connectivity index (χ0v) is 18.5. The number of halogens is 2. The van der Waals surface area contributed by atoms with Gasteiger partial charge in [-0.05, 0) is 66.0 Å². The Kier molecular flexibility index (Phi) is 6.60. The molecule has 0 nitrogen and oxygen atoms in total. The third-order valence-electron chi connectivity index (χ3n) is 7.71. The molecule has 0 amide bonds. The molecule has 0 aliphatic heterocycles. The zero-order valence-electron chi connectivity index (χ0n) is 18.5. The molecule has 0 unspecified atom stereocenters. The van der Waals surface area contributed by atoms with E-state index in [1.807, 2.05) is 24.3 Å². The Labute approximate surface area is 181 Å². The first kappa shape index (κ1) is 21.5. The first-order valence-corrected chi connectivity index (χ1v) is 12.0. The van der Waals surface area contributed by atoms with Crippen molar-refractivity contribution in [3.05, 3.63) is 70.8 Å². The molecule has 4 rings (SSSR count). The number of alkyl halides is 2. The van der Waals surface area contributed by atoms with Crippen LogP contribution in [0.25, 0.3) is 0 Å². The third-order valence-corrected chi connectivity index (χ3v) is 7.71. The number of benzene rings is 2. The van der Waals surface area contributed by atoms with Crippen molar-refractivity contribution >= 4 is 0 Å². The van der Waals surface area contributed by atoms with Gasteiger partial charge >= 0.3 is 0 Å². The summed E-state index contributed by atoms with van der Waals surface area (Å²) in [4.78, 5) is 0. The molecule has 2 aliphatic carbocycles. The van der Waals surface area contributed by atoms with Crippen LogP contribution < -0.4 is 0 Å². The van der Waals surface area contributed by atoms with Gasteiger partial charge in [-0.25, -0.2) is 8.78 Å². The van der Waals surface area contributed by atoms with Crippen LogP contribution in [0.1, 0.15) is 99.3 Å².